The van der Waals surface area contributed by atoms with Crippen LogP contribution in [0, 0.1) is 18.7 Å². The standard InChI is InChI=1S/C24H24FN7O/c1-15-3-2-4-18(13-15)28-22-20-14-27-32(19-7-5-17(25)6-8-19)23(20)30-24(29-22)31-11-9-16(10-12-31)21(26)33/h2-8,13-14,16H,9-12H2,1H3,(H2,26,33)(H,28,29,30). The van der Waals surface area contributed by atoms with E-state index in [0.717, 1.165) is 16.6 Å². The second-order valence-electron chi connectivity index (χ2n) is 8.30. The van der Waals surface area contributed by atoms with Gasteiger partial charge in [0, 0.05) is 24.7 Å². The van der Waals surface area contributed by atoms with Crippen molar-refractivity contribution >= 4 is 34.4 Å². The third-order valence-electron chi connectivity index (χ3n) is 5.95. The van der Waals surface area contributed by atoms with Gasteiger partial charge in [0.1, 0.15) is 11.6 Å². The van der Waals surface area contributed by atoms with Gasteiger partial charge in [-0.05, 0) is 61.7 Å². The van der Waals surface area contributed by atoms with Crippen LogP contribution in [-0.4, -0.2) is 38.7 Å². The van der Waals surface area contributed by atoms with Crippen LogP contribution in [0.3, 0.4) is 0 Å². The van der Waals surface area contributed by atoms with Gasteiger partial charge in [-0.15, -0.1) is 0 Å². The number of piperidine rings is 1. The molecule has 0 spiro atoms. The summed E-state index contributed by atoms with van der Waals surface area (Å²) in [5.74, 6) is 0.474. The molecule has 3 heterocycles. The fourth-order valence-electron chi connectivity index (χ4n) is 4.13. The van der Waals surface area contributed by atoms with Crippen molar-refractivity contribution in [3.8, 4) is 5.69 Å². The summed E-state index contributed by atoms with van der Waals surface area (Å²) in [4.78, 5) is 23.3. The summed E-state index contributed by atoms with van der Waals surface area (Å²) in [6.07, 6.45) is 3.03. The Kier molecular flexibility index (Phi) is 5.37. The summed E-state index contributed by atoms with van der Waals surface area (Å²) in [6, 6.07) is 14.1. The molecule has 0 bridgehead atoms. The Hall–Kier alpha value is -4.01. The molecule has 0 saturated carbocycles. The molecular weight excluding hydrogens is 421 g/mol. The van der Waals surface area contributed by atoms with E-state index in [1.807, 2.05) is 31.2 Å². The smallest absolute Gasteiger partial charge is 0.229 e. The second kappa shape index (κ2) is 8.50. The van der Waals surface area contributed by atoms with Gasteiger partial charge >= 0.3 is 0 Å². The molecule has 8 nitrogen and oxygen atoms in total. The van der Waals surface area contributed by atoms with Gasteiger partial charge in [0.2, 0.25) is 11.9 Å². The van der Waals surface area contributed by atoms with E-state index < -0.39 is 0 Å². The molecule has 33 heavy (non-hydrogen) atoms. The molecule has 1 aliphatic heterocycles. The highest BCUT2D eigenvalue weighted by Gasteiger charge is 2.26. The lowest BCUT2D eigenvalue weighted by molar-refractivity contribution is -0.122. The van der Waals surface area contributed by atoms with Crippen LogP contribution in [0.2, 0.25) is 0 Å². The first kappa shape index (κ1) is 20.9. The number of carbonyl (C=O) groups excluding carboxylic acids is 1. The summed E-state index contributed by atoms with van der Waals surface area (Å²) < 4.78 is 15.1. The van der Waals surface area contributed by atoms with Crippen molar-refractivity contribution in [2.45, 2.75) is 19.8 Å². The van der Waals surface area contributed by atoms with Crippen molar-refractivity contribution in [3.63, 3.8) is 0 Å². The quantitative estimate of drug-likeness (QED) is 0.486. The highest BCUT2D eigenvalue weighted by Crippen LogP contribution is 2.30. The zero-order chi connectivity index (χ0) is 22.9. The highest BCUT2D eigenvalue weighted by atomic mass is 19.1. The van der Waals surface area contributed by atoms with E-state index in [9.17, 15) is 9.18 Å². The van der Waals surface area contributed by atoms with Gasteiger partial charge in [-0.25, -0.2) is 9.07 Å². The minimum absolute atomic E-state index is 0.125. The molecule has 0 unspecified atom stereocenters. The topological polar surface area (TPSA) is 102 Å². The third-order valence-corrected chi connectivity index (χ3v) is 5.95. The number of amides is 1. The van der Waals surface area contributed by atoms with E-state index >= 15 is 0 Å². The lowest BCUT2D eigenvalue weighted by Crippen LogP contribution is -2.39. The first-order valence-electron chi connectivity index (χ1n) is 10.9. The van der Waals surface area contributed by atoms with Gasteiger partial charge in [0.15, 0.2) is 5.65 Å². The van der Waals surface area contributed by atoms with Gasteiger partial charge in [-0.3, -0.25) is 4.79 Å². The SMILES string of the molecule is Cc1cccc(Nc2nc(N3CCC(C(N)=O)CC3)nc3c2cnn3-c2ccc(F)cc2)c1. The molecule has 2 aromatic heterocycles. The van der Waals surface area contributed by atoms with E-state index in [1.165, 1.54) is 12.1 Å². The second-order valence-corrected chi connectivity index (χ2v) is 8.30. The first-order valence-corrected chi connectivity index (χ1v) is 10.9. The fourth-order valence-corrected chi connectivity index (χ4v) is 4.13. The minimum Gasteiger partial charge on any atom is -0.369 e. The molecule has 1 amide bonds. The van der Waals surface area contributed by atoms with Crippen LogP contribution in [-0.2, 0) is 4.79 Å². The Morgan fingerprint density at radius 2 is 1.88 bits per heavy atom. The van der Waals surface area contributed by atoms with Crippen LogP contribution in [0.5, 0.6) is 0 Å². The molecule has 168 valence electrons. The Morgan fingerprint density at radius 3 is 2.58 bits per heavy atom. The van der Waals surface area contributed by atoms with Crippen molar-refractivity contribution in [1.29, 1.82) is 0 Å². The number of halogens is 1. The van der Waals surface area contributed by atoms with Crippen molar-refractivity contribution in [3.05, 3.63) is 66.1 Å². The molecule has 1 aliphatic rings. The number of nitrogens with one attached hydrogen (secondary N) is 1. The van der Waals surface area contributed by atoms with Crippen LogP contribution >= 0.6 is 0 Å². The highest BCUT2D eigenvalue weighted by molar-refractivity contribution is 5.90. The molecule has 2 aromatic carbocycles. The van der Waals surface area contributed by atoms with E-state index in [1.54, 1.807) is 23.0 Å². The maximum Gasteiger partial charge on any atom is 0.229 e. The normalized spacial score (nSPS) is 14.5. The average molecular weight is 446 g/mol. The Morgan fingerprint density at radius 1 is 1.12 bits per heavy atom. The molecule has 0 radical (unpaired) electrons. The van der Waals surface area contributed by atoms with E-state index in [2.05, 4.69) is 15.3 Å². The minimum atomic E-state index is -0.315. The maximum atomic E-state index is 13.5. The molecule has 1 saturated heterocycles. The van der Waals surface area contributed by atoms with Gasteiger partial charge in [-0.2, -0.15) is 15.1 Å². The van der Waals surface area contributed by atoms with Gasteiger partial charge in [0.25, 0.3) is 0 Å². The van der Waals surface area contributed by atoms with Gasteiger partial charge < -0.3 is 16.0 Å². The van der Waals surface area contributed by atoms with E-state index in [0.29, 0.717) is 49.0 Å². The van der Waals surface area contributed by atoms with Crippen LogP contribution in [0.4, 0.5) is 21.8 Å². The number of aryl methyl sites for hydroxylation is 1. The number of hydrogen-bond acceptors (Lipinski definition) is 6. The summed E-state index contributed by atoms with van der Waals surface area (Å²) in [7, 11) is 0. The molecule has 9 heteroatoms. The van der Waals surface area contributed by atoms with Crippen molar-refractivity contribution in [2.24, 2.45) is 11.7 Å². The lowest BCUT2D eigenvalue weighted by atomic mass is 9.96. The van der Waals surface area contributed by atoms with Gasteiger partial charge in [0.05, 0.1) is 17.3 Å². The predicted molar refractivity (Wildman–Crippen MR) is 125 cm³/mol. The fraction of sp³-hybridized carbons (Fsp3) is 0.250. The molecule has 3 N–H and O–H groups in total. The van der Waals surface area contributed by atoms with Crippen molar-refractivity contribution < 1.29 is 9.18 Å². The number of carbonyl (C=O) groups is 1. The van der Waals surface area contributed by atoms with Crippen molar-refractivity contribution in [1.82, 2.24) is 19.7 Å². The lowest BCUT2D eigenvalue weighted by Gasteiger charge is -2.30. The van der Waals surface area contributed by atoms with Crippen LogP contribution in [0.25, 0.3) is 16.7 Å². The number of nitrogens with two attached hydrogens (primary N) is 1. The number of benzene rings is 2. The zero-order valence-electron chi connectivity index (χ0n) is 18.2. The first-order chi connectivity index (χ1) is 16.0. The average Bonchev–Trinajstić information content (AvgIpc) is 3.24. The number of fused-ring (bicyclic) bond motifs is 1. The summed E-state index contributed by atoms with van der Waals surface area (Å²) in [5, 5.41) is 8.66. The molecule has 0 aliphatic carbocycles. The van der Waals surface area contributed by atoms with E-state index in [4.69, 9.17) is 15.7 Å². The van der Waals surface area contributed by atoms with E-state index in [-0.39, 0.29) is 17.6 Å². The number of hydrogen-bond donors (Lipinski definition) is 2. The molecular formula is C24H24FN7O. The number of anilines is 3. The third kappa shape index (κ3) is 4.21. The Balaban J connectivity index is 1.58. The van der Waals surface area contributed by atoms with Crippen molar-refractivity contribution in [2.75, 3.05) is 23.3 Å². The molecule has 5 rings (SSSR count). The Labute approximate surface area is 190 Å². The largest absolute Gasteiger partial charge is 0.369 e. The summed E-state index contributed by atoms with van der Waals surface area (Å²) >= 11 is 0. The maximum absolute atomic E-state index is 13.5. The van der Waals surface area contributed by atoms with Gasteiger partial charge in [-0.1, -0.05) is 12.1 Å². The van der Waals surface area contributed by atoms with Crippen LogP contribution in [0.1, 0.15) is 18.4 Å². The van der Waals surface area contributed by atoms with Crippen LogP contribution < -0.4 is 16.0 Å². The number of aromatic nitrogens is 4. The summed E-state index contributed by atoms with van der Waals surface area (Å²) in [5.41, 5.74) is 8.83. The Bertz CT molecular complexity index is 1310. The number of rotatable bonds is 5. The zero-order valence-corrected chi connectivity index (χ0v) is 18.2. The molecule has 4 aromatic rings. The number of primary amides is 1. The monoisotopic (exact) mass is 445 g/mol. The van der Waals surface area contributed by atoms with Crippen LogP contribution in [0.15, 0.2) is 54.7 Å². The number of nitrogens with zero attached hydrogens (tertiary/aromatic N) is 5. The summed E-state index contributed by atoms with van der Waals surface area (Å²) in [6.45, 7) is 3.29. The molecule has 0 atom stereocenters. The molecule has 1 fully saturated rings. The predicted octanol–water partition coefficient (Wildman–Crippen LogP) is 3.71.